The highest BCUT2D eigenvalue weighted by Crippen LogP contribution is 2.69. The average molecular weight is 232 g/mol. The summed E-state index contributed by atoms with van der Waals surface area (Å²) in [5.74, 6) is 0.0446. The van der Waals surface area contributed by atoms with Crippen molar-refractivity contribution in [2.24, 2.45) is 5.41 Å². The Balaban J connectivity index is 1.96. The van der Waals surface area contributed by atoms with Gasteiger partial charge in [-0.15, -0.1) is 0 Å². The number of hydrogen-bond acceptors (Lipinski definition) is 2. The third-order valence-electron chi connectivity index (χ3n) is 4.34. The third-order valence-corrected chi connectivity index (χ3v) is 4.34. The van der Waals surface area contributed by atoms with Gasteiger partial charge in [-0.3, -0.25) is 4.79 Å². The summed E-state index contributed by atoms with van der Waals surface area (Å²) in [6.07, 6.45) is 3.99. The quantitative estimate of drug-likeness (QED) is 0.871. The summed E-state index contributed by atoms with van der Waals surface area (Å²) in [7, 11) is 1.61. The topological polar surface area (TPSA) is 46.5 Å². The average Bonchev–Trinajstić information content (AvgIpc) is 3.06. The molecule has 0 aliphatic heterocycles. The number of carboxylic acids is 1. The lowest BCUT2D eigenvalue weighted by Gasteiger charge is -2.45. The molecule has 2 aliphatic carbocycles. The Morgan fingerprint density at radius 3 is 2.59 bits per heavy atom. The van der Waals surface area contributed by atoms with E-state index in [2.05, 4.69) is 0 Å². The van der Waals surface area contributed by atoms with Gasteiger partial charge in [-0.05, 0) is 48.8 Å². The summed E-state index contributed by atoms with van der Waals surface area (Å²) in [6, 6.07) is 7.50. The van der Waals surface area contributed by atoms with Crippen molar-refractivity contribution in [3.8, 4) is 5.75 Å². The van der Waals surface area contributed by atoms with Crippen LogP contribution in [0.1, 0.15) is 31.2 Å². The molecule has 1 aromatic rings. The maximum absolute atomic E-state index is 11.6. The van der Waals surface area contributed by atoms with Crippen LogP contribution in [-0.2, 0) is 10.2 Å². The second-order valence-corrected chi connectivity index (χ2v) is 5.47. The van der Waals surface area contributed by atoms with Gasteiger partial charge in [0.25, 0.3) is 0 Å². The van der Waals surface area contributed by atoms with Crippen molar-refractivity contribution < 1.29 is 14.6 Å². The molecule has 3 rings (SSSR count). The van der Waals surface area contributed by atoms with Crippen molar-refractivity contribution in [2.75, 3.05) is 7.11 Å². The van der Waals surface area contributed by atoms with Crippen molar-refractivity contribution >= 4 is 5.97 Å². The summed E-state index contributed by atoms with van der Waals surface area (Å²) in [6.45, 7) is 0. The fourth-order valence-electron chi connectivity index (χ4n) is 3.16. The number of benzene rings is 1. The summed E-state index contributed by atoms with van der Waals surface area (Å²) >= 11 is 0. The zero-order valence-corrected chi connectivity index (χ0v) is 9.90. The van der Waals surface area contributed by atoms with E-state index in [4.69, 9.17) is 4.74 Å². The zero-order valence-electron chi connectivity index (χ0n) is 9.90. The van der Waals surface area contributed by atoms with Gasteiger partial charge in [0, 0.05) is 0 Å². The van der Waals surface area contributed by atoms with E-state index in [9.17, 15) is 9.90 Å². The first-order valence-corrected chi connectivity index (χ1v) is 5.98. The fraction of sp³-hybridized carbons (Fsp3) is 0.500. The van der Waals surface area contributed by atoms with Gasteiger partial charge in [-0.1, -0.05) is 12.1 Å². The van der Waals surface area contributed by atoms with Crippen molar-refractivity contribution in [2.45, 2.75) is 31.1 Å². The molecule has 0 radical (unpaired) electrons. The lowest BCUT2D eigenvalue weighted by Crippen LogP contribution is -2.49. The van der Waals surface area contributed by atoms with Crippen LogP contribution in [0.3, 0.4) is 0 Å². The standard InChI is InChI=1S/C14H16O3/c1-17-11-4-2-3-10(7-11)14(12(15)16)8-13(9-14)5-6-13/h2-4,7H,5-6,8-9H2,1H3,(H,15,16). The van der Waals surface area contributed by atoms with Crippen molar-refractivity contribution in [3.05, 3.63) is 29.8 Å². The molecule has 1 N–H and O–H groups in total. The maximum atomic E-state index is 11.6. The molecular formula is C14H16O3. The van der Waals surface area contributed by atoms with Crippen LogP contribution >= 0.6 is 0 Å². The van der Waals surface area contributed by atoms with Gasteiger partial charge in [0.1, 0.15) is 5.75 Å². The molecule has 17 heavy (non-hydrogen) atoms. The number of aliphatic carboxylic acids is 1. The van der Waals surface area contributed by atoms with E-state index in [1.807, 2.05) is 24.3 Å². The normalized spacial score (nSPS) is 22.9. The molecule has 0 unspecified atom stereocenters. The highest BCUT2D eigenvalue weighted by atomic mass is 16.5. The van der Waals surface area contributed by atoms with Crippen molar-refractivity contribution in [3.63, 3.8) is 0 Å². The first-order chi connectivity index (χ1) is 8.10. The van der Waals surface area contributed by atoms with E-state index >= 15 is 0 Å². The minimum absolute atomic E-state index is 0.363. The number of carboxylic acid groups (broad SMARTS) is 1. The van der Waals surface area contributed by atoms with Crippen LogP contribution in [0.2, 0.25) is 0 Å². The predicted molar refractivity (Wildman–Crippen MR) is 63.2 cm³/mol. The lowest BCUT2D eigenvalue weighted by molar-refractivity contribution is -0.150. The SMILES string of the molecule is COc1cccc(C2(C(=O)O)CC3(CC3)C2)c1. The lowest BCUT2D eigenvalue weighted by atomic mass is 9.56. The molecule has 0 saturated heterocycles. The van der Waals surface area contributed by atoms with Crippen LogP contribution in [0.25, 0.3) is 0 Å². The van der Waals surface area contributed by atoms with Gasteiger partial charge < -0.3 is 9.84 Å². The van der Waals surface area contributed by atoms with Crippen LogP contribution in [0, 0.1) is 5.41 Å². The number of hydrogen-bond donors (Lipinski definition) is 1. The minimum Gasteiger partial charge on any atom is -0.497 e. The highest BCUT2D eigenvalue weighted by molar-refractivity contribution is 5.83. The van der Waals surface area contributed by atoms with Gasteiger partial charge in [-0.25, -0.2) is 0 Å². The number of rotatable bonds is 3. The Hall–Kier alpha value is -1.51. The molecular weight excluding hydrogens is 216 g/mol. The molecule has 2 saturated carbocycles. The van der Waals surface area contributed by atoms with Gasteiger partial charge >= 0.3 is 5.97 Å². The first kappa shape index (κ1) is 10.6. The minimum atomic E-state index is -0.691. The van der Waals surface area contributed by atoms with Crippen LogP contribution in [0.4, 0.5) is 0 Å². The fourth-order valence-corrected chi connectivity index (χ4v) is 3.16. The van der Waals surface area contributed by atoms with Crippen LogP contribution in [0.5, 0.6) is 5.75 Å². The molecule has 3 nitrogen and oxygen atoms in total. The zero-order chi connectivity index (χ0) is 12.1. The van der Waals surface area contributed by atoms with Crippen molar-refractivity contribution in [1.29, 1.82) is 0 Å². The number of methoxy groups -OCH3 is 1. The van der Waals surface area contributed by atoms with Crippen molar-refractivity contribution in [1.82, 2.24) is 0 Å². The van der Waals surface area contributed by atoms with Crippen LogP contribution in [0.15, 0.2) is 24.3 Å². The van der Waals surface area contributed by atoms with Gasteiger partial charge in [-0.2, -0.15) is 0 Å². The molecule has 2 fully saturated rings. The number of carbonyl (C=O) groups is 1. The Bertz CT molecular complexity index is 466. The second kappa shape index (κ2) is 3.25. The van der Waals surface area contributed by atoms with E-state index in [0.29, 0.717) is 5.41 Å². The highest BCUT2D eigenvalue weighted by Gasteiger charge is 2.65. The summed E-state index contributed by atoms with van der Waals surface area (Å²) in [4.78, 5) is 11.6. The Morgan fingerprint density at radius 2 is 2.06 bits per heavy atom. The van der Waals surface area contributed by atoms with Gasteiger partial charge in [0.2, 0.25) is 0 Å². The van der Waals surface area contributed by atoms with Gasteiger partial charge in [0.05, 0.1) is 12.5 Å². The summed E-state index contributed by atoms with van der Waals surface area (Å²) in [5.41, 5.74) is 0.592. The Labute approximate surface area is 100 Å². The molecule has 0 amide bonds. The van der Waals surface area contributed by atoms with Crippen LogP contribution < -0.4 is 4.74 Å². The van der Waals surface area contributed by atoms with Crippen LogP contribution in [-0.4, -0.2) is 18.2 Å². The summed E-state index contributed by atoms with van der Waals surface area (Å²) < 4.78 is 5.17. The summed E-state index contributed by atoms with van der Waals surface area (Å²) in [5, 5.41) is 9.52. The van der Waals surface area contributed by atoms with Gasteiger partial charge in [0.15, 0.2) is 0 Å². The molecule has 0 atom stereocenters. The predicted octanol–water partition coefficient (Wildman–Crippen LogP) is 2.59. The molecule has 1 aromatic carbocycles. The number of ether oxygens (including phenoxy) is 1. The largest absolute Gasteiger partial charge is 0.497 e. The second-order valence-electron chi connectivity index (χ2n) is 5.47. The van der Waals surface area contributed by atoms with E-state index in [0.717, 1.165) is 24.2 Å². The third kappa shape index (κ3) is 1.45. The molecule has 90 valence electrons. The van der Waals surface area contributed by atoms with E-state index in [-0.39, 0.29) is 0 Å². The molecule has 0 heterocycles. The molecule has 2 aliphatic rings. The first-order valence-electron chi connectivity index (χ1n) is 5.98. The maximum Gasteiger partial charge on any atom is 0.314 e. The molecule has 0 aromatic heterocycles. The smallest absolute Gasteiger partial charge is 0.314 e. The molecule has 3 heteroatoms. The Kier molecular flexibility index (Phi) is 2.03. The van der Waals surface area contributed by atoms with E-state index < -0.39 is 11.4 Å². The Morgan fingerprint density at radius 1 is 1.35 bits per heavy atom. The van der Waals surface area contributed by atoms with E-state index in [1.54, 1.807) is 7.11 Å². The monoisotopic (exact) mass is 232 g/mol. The van der Waals surface area contributed by atoms with E-state index in [1.165, 1.54) is 12.8 Å². The molecule has 0 bridgehead atoms. The molecule has 1 spiro atoms.